The maximum Gasteiger partial charge on any atom is 0.331 e. The molecule has 1 N–H and O–H groups in total. The minimum atomic E-state index is -0.626. The Kier molecular flexibility index (Phi) is 5.45. The average molecular weight is 386 g/mol. The van der Waals surface area contributed by atoms with Crippen molar-refractivity contribution in [2.24, 2.45) is 10.2 Å². The zero-order chi connectivity index (χ0) is 16.1. The van der Waals surface area contributed by atoms with Crippen LogP contribution < -0.4 is 5.32 Å². The third-order valence-corrected chi connectivity index (χ3v) is 3.91. The predicted octanol–water partition coefficient (Wildman–Crippen LogP) is 2.20. The summed E-state index contributed by atoms with van der Waals surface area (Å²) in [5.41, 5.74) is 0.636. The van der Waals surface area contributed by atoms with Crippen LogP contribution in [0.4, 0.5) is 4.39 Å². The molecule has 0 aromatic heterocycles. The van der Waals surface area contributed by atoms with E-state index in [4.69, 9.17) is 0 Å². The number of rotatable bonds is 3. The van der Waals surface area contributed by atoms with Gasteiger partial charge in [0.2, 0.25) is 0 Å². The van der Waals surface area contributed by atoms with Crippen LogP contribution in [0.25, 0.3) is 0 Å². The second-order valence-electron chi connectivity index (χ2n) is 3.91. The van der Waals surface area contributed by atoms with Crippen LogP contribution in [0, 0.1) is 5.82 Å². The van der Waals surface area contributed by atoms with Crippen LogP contribution in [-0.4, -0.2) is 30.4 Å². The number of methoxy groups -OCH3 is 1. The smallest absolute Gasteiger partial charge is 0.331 e. The lowest BCUT2D eigenvalue weighted by atomic mass is 10.2. The van der Waals surface area contributed by atoms with Crippen molar-refractivity contribution >= 4 is 51.0 Å². The van der Waals surface area contributed by atoms with Gasteiger partial charge in [-0.2, -0.15) is 5.10 Å². The van der Waals surface area contributed by atoms with Gasteiger partial charge >= 0.3 is 5.97 Å². The second-order valence-corrected chi connectivity index (χ2v) is 5.80. The lowest BCUT2D eigenvalue weighted by Crippen LogP contribution is -2.19. The third kappa shape index (κ3) is 4.25. The SMILES string of the molecule is COC(=O)/C=C1/S/C(=N\N=Cc2ccc(F)c(Br)c2)NC1=O. The fraction of sp³-hybridized carbons (Fsp3) is 0.0769. The first-order valence-corrected chi connectivity index (χ1v) is 7.45. The molecule has 0 bridgehead atoms. The van der Waals surface area contributed by atoms with E-state index < -0.39 is 11.9 Å². The molecule has 0 atom stereocenters. The predicted molar refractivity (Wildman–Crippen MR) is 85.0 cm³/mol. The van der Waals surface area contributed by atoms with Crippen molar-refractivity contribution in [3.63, 3.8) is 0 Å². The van der Waals surface area contributed by atoms with E-state index in [9.17, 15) is 14.0 Å². The third-order valence-electron chi connectivity index (χ3n) is 2.40. The lowest BCUT2D eigenvalue weighted by molar-refractivity contribution is -0.135. The molecule has 1 aromatic carbocycles. The molecule has 1 heterocycles. The van der Waals surface area contributed by atoms with Gasteiger partial charge in [-0.15, -0.1) is 5.10 Å². The van der Waals surface area contributed by atoms with Crippen LogP contribution in [0.5, 0.6) is 0 Å². The van der Waals surface area contributed by atoms with E-state index in [1.807, 2.05) is 0 Å². The second kappa shape index (κ2) is 7.32. The number of carbonyl (C=O) groups excluding carboxylic acids is 2. The van der Waals surface area contributed by atoms with E-state index in [-0.39, 0.29) is 15.9 Å². The number of nitrogens with zero attached hydrogens (tertiary/aromatic N) is 2. The molecule has 0 radical (unpaired) electrons. The Balaban J connectivity index is 2.06. The van der Waals surface area contributed by atoms with Gasteiger partial charge in [0.25, 0.3) is 5.91 Å². The van der Waals surface area contributed by atoms with Gasteiger partial charge in [0.15, 0.2) is 5.17 Å². The Morgan fingerprint density at radius 1 is 1.50 bits per heavy atom. The summed E-state index contributed by atoms with van der Waals surface area (Å²) in [6.07, 6.45) is 2.48. The molecule has 1 amide bonds. The topological polar surface area (TPSA) is 80.1 Å². The van der Waals surface area contributed by atoms with Crippen molar-refractivity contribution in [3.8, 4) is 0 Å². The summed E-state index contributed by atoms with van der Waals surface area (Å²) in [5.74, 6) is -1.45. The number of hydrogen-bond acceptors (Lipinski definition) is 6. The Hall–Kier alpha value is -2.00. The van der Waals surface area contributed by atoms with Gasteiger partial charge in [-0.25, -0.2) is 9.18 Å². The number of carbonyl (C=O) groups is 2. The zero-order valence-corrected chi connectivity index (χ0v) is 13.6. The molecule has 0 saturated carbocycles. The van der Waals surface area contributed by atoms with E-state index >= 15 is 0 Å². The number of benzene rings is 1. The summed E-state index contributed by atoms with van der Waals surface area (Å²) >= 11 is 4.03. The van der Waals surface area contributed by atoms with Gasteiger partial charge in [0.1, 0.15) is 5.82 Å². The first-order chi connectivity index (χ1) is 10.5. The van der Waals surface area contributed by atoms with Gasteiger partial charge in [-0.1, -0.05) is 6.07 Å². The van der Waals surface area contributed by atoms with Gasteiger partial charge in [0.05, 0.1) is 22.7 Å². The minimum absolute atomic E-state index is 0.172. The van der Waals surface area contributed by atoms with Crippen molar-refractivity contribution in [1.82, 2.24) is 5.32 Å². The molecule has 1 fully saturated rings. The first-order valence-electron chi connectivity index (χ1n) is 5.84. The highest BCUT2D eigenvalue weighted by Crippen LogP contribution is 2.23. The highest BCUT2D eigenvalue weighted by atomic mass is 79.9. The molecule has 114 valence electrons. The number of halogens is 2. The molecular weight excluding hydrogens is 377 g/mol. The molecule has 1 saturated heterocycles. The van der Waals surface area contributed by atoms with Crippen molar-refractivity contribution < 1.29 is 18.7 Å². The number of ether oxygens (including phenoxy) is 1. The molecule has 1 aromatic rings. The molecule has 0 aliphatic carbocycles. The van der Waals surface area contributed by atoms with Gasteiger partial charge in [0, 0.05) is 6.08 Å². The Labute approximate surface area is 137 Å². The Bertz CT molecular complexity index is 718. The van der Waals surface area contributed by atoms with E-state index in [0.717, 1.165) is 17.8 Å². The Morgan fingerprint density at radius 3 is 2.95 bits per heavy atom. The zero-order valence-electron chi connectivity index (χ0n) is 11.2. The number of amidine groups is 1. The van der Waals surface area contributed by atoms with E-state index in [1.54, 1.807) is 6.07 Å². The summed E-state index contributed by atoms with van der Waals surface area (Å²) in [6.45, 7) is 0. The van der Waals surface area contributed by atoms with Crippen LogP contribution in [-0.2, 0) is 14.3 Å². The minimum Gasteiger partial charge on any atom is -0.466 e. The van der Waals surface area contributed by atoms with Crippen LogP contribution in [0.15, 0.2) is 43.9 Å². The summed E-state index contributed by atoms with van der Waals surface area (Å²) < 4.78 is 17.8. The van der Waals surface area contributed by atoms with Gasteiger partial charge in [-0.05, 0) is 45.4 Å². The molecule has 6 nitrogen and oxygen atoms in total. The molecule has 2 rings (SSSR count). The highest BCUT2D eigenvalue weighted by molar-refractivity contribution is 9.10. The molecule has 0 unspecified atom stereocenters. The lowest BCUT2D eigenvalue weighted by Gasteiger charge is -1.95. The molecule has 1 aliphatic heterocycles. The fourth-order valence-corrected chi connectivity index (χ4v) is 2.52. The van der Waals surface area contributed by atoms with E-state index in [2.05, 4.69) is 36.2 Å². The van der Waals surface area contributed by atoms with Crippen molar-refractivity contribution in [1.29, 1.82) is 0 Å². The fourth-order valence-electron chi connectivity index (χ4n) is 1.38. The summed E-state index contributed by atoms with van der Waals surface area (Å²) in [5, 5.41) is 10.3. The number of esters is 1. The molecule has 1 aliphatic rings. The molecular formula is C13H9BrFN3O3S. The normalized spacial score (nSPS) is 18.2. The summed E-state index contributed by atoms with van der Waals surface area (Å²) in [4.78, 5) is 22.8. The van der Waals surface area contributed by atoms with Crippen LogP contribution in [0.2, 0.25) is 0 Å². The average Bonchev–Trinajstić information content (AvgIpc) is 2.83. The van der Waals surface area contributed by atoms with E-state index in [0.29, 0.717) is 10.0 Å². The van der Waals surface area contributed by atoms with Gasteiger partial charge in [-0.3, -0.25) is 10.1 Å². The Morgan fingerprint density at radius 2 is 2.27 bits per heavy atom. The number of amides is 1. The summed E-state index contributed by atoms with van der Waals surface area (Å²) in [6, 6.07) is 4.37. The highest BCUT2D eigenvalue weighted by Gasteiger charge is 2.24. The standard InChI is InChI=1S/C13H9BrFN3O3S/c1-21-11(19)5-10-12(20)17-13(22-10)18-16-6-7-2-3-9(15)8(14)4-7/h2-6H,1H3,(H,17,18,20)/b10-5+,16-6?. The van der Waals surface area contributed by atoms with Crippen molar-refractivity contribution in [3.05, 3.63) is 45.0 Å². The number of hydrogen-bond donors (Lipinski definition) is 1. The quantitative estimate of drug-likeness (QED) is 0.374. The maximum atomic E-state index is 13.1. The molecule has 0 spiro atoms. The van der Waals surface area contributed by atoms with E-state index in [1.165, 1.54) is 25.5 Å². The van der Waals surface area contributed by atoms with Gasteiger partial charge < -0.3 is 4.74 Å². The molecule has 22 heavy (non-hydrogen) atoms. The maximum absolute atomic E-state index is 13.1. The van der Waals surface area contributed by atoms with Crippen LogP contribution >= 0.6 is 27.7 Å². The summed E-state index contributed by atoms with van der Waals surface area (Å²) in [7, 11) is 1.22. The monoisotopic (exact) mass is 385 g/mol. The van der Waals surface area contributed by atoms with Crippen LogP contribution in [0.3, 0.4) is 0 Å². The number of thioether (sulfide) groups is 1. The molecule has 9 heteroatoms. The van der Waals surface area contributed by atoms with Crippen LogP contribution in [0.1, 0.15) is 5.56 Å². The number of nitrogens with one attached hydrogen (secondary N) is 1. The largest absolute Gasteiger partial charge is 0.466 e. The first kappa shape index (κ1) is 16.4. The van der Waals surface area contributed by atoms with Crippen molar-refractivity contribution in [2.75, 3.05) is 7.11 Å². The van der Waals surface area contributed by atoms with Crippen molar-refractivity contribution in [2.45, 2.75) is 0 Å².